The van der Waals surface area contributed by atoms with Crippen LogP contribution in [0.1, 0.15) is 10.4 Å². The zero-order valence-corrected chi connectivity index (χ0v) is 14.5. The Morgan fingerprint density at radius 1 is 1.21 bits per heavy atom. The van der Waals surface area contributed by atoms with Crippen molar-refractivity contribution >= 4 is 21.7 Å². The van der Waals surface area contributed by atoms with Crippen LogP contribution in [-0.2, 0) is 13.6 Å². The molecule has 0 saturated carbocycles. The van der Waals surface area contributed by atoms with E-state index in [1.165, 1.54) is 12.1 Å². The second-order valence-corrected chi connectivity index (χ2v) is 6.38. The molecule has 1 heterocycles. The molecule has 2 aromatic carbocycles. The Balaban J connectivity index is 1.92. The first-order chi connectivity index (χ1) is 11.5. The summed E-state index contributed by atoms with van der Waals surface area (Å²) in [5, 5.41) is 8.20. The molecule has 3 rings (SSSR count). The van der Waals surface area contributed by atoms with Gasteiger partial charge >= 0.3 is 0 Å². The van der Waals surface area contributed by atoms with Gasteiger partial charge in [0.25, 0.3) is 0 Å². The Hall–Kier alpha value is -2.47. The van der Waals surface area contributed by atoms with Gasteiger partial charge in [0.15, 0.2) is 5.78 Å². The summed E-state index contributed by atoms with van der Waals surface area (Å²) in [5.74, 6) is -0.386. The van der Waals surface area contributed by atoms with E-state index in [0.29, 0.717) is 5.56 Å². The van der Waals surface area contributed by atoms with Gasteiger partial charge in [0.05, 0.1) is 12.2 Å². The number of hydrogen-bond donors (Lipinski definition) is 1. The molecule has 4 nitrogen and oxygen atoms in total. The molecule has 0 amide bonds. The van der Waals surface area contributed by atoms with Gasteiger partial charge in [-0.1, -0.05) is 28.1 Å². The molecule has 0 fully saturated rings. The van der Waals surface area contributed by atoms with Gasteiger partial charge in [-0.05, 0) is 42.0 Å². The number of hydrogen-bond acceptors (Lipinski definition) is 2. The van der Waals surface area contributed by atoms with Crippen molar-refractivity contribution in [2.24, 2.45) is 7.05 Å². The van der Waals surface area contributed by atoms with Gasteiger partial charge in [-0.3, -0.25) is 10.2 Å². The second kappa shape index (κ2) is 6.57. The Bertz CT molecular complexity index is 957. The molecule has 0 atom stereocenters. The predicted molar refractivity (Wildman–Crippen MR) is 93.1 cm³/mol. The number of nitrogens with one attached hydrogen (secondary N) is 1. The quantitative estimate of drug-likeness (QED) is 0.680. The van der Waals surface area contributed by atoms with Crippen LogP contribution in [-0.4, -0.2) is 14.9 Å². The number of rotatable bonds is 4. The van der Waals surface area contributed by atoms with Gasteiger partial charge in [0.2, 0.25) is 5.62 Å². The van der Waals surface area contributed by atoms with Crippen LogP contribution in [0, 0.1) is 11.2 Å². The van der Waals surface area contributed by atoms with E-state index >= 15 is 0 Å². The molecular weight excluding hydrogens is 373 g/mol. The first-order valence-electron chi connectivity index (χ1n) is 7.31. The predicted octanol–water partition coefficient (Wildman–Crippen LogP) is 3.76. The first-order valence-corrected chi connectivity index (χ1v) is 8.10. The molecule has 122 valence electrons. The number of nitrogens with zero attached hydrogens (tertiary/aromatic N) is 2. The molecule has 0 spiro atoms. The fourth-order valence-electron chi connectivity index (χ4n) is 2.52. The molecule has 3 aromatic rings. The van der Waals surface area contributed by atoms with Crippen molar-refractivity contribution in [2.75, 3.05) is 0 Å². The van der Waals surface area contributed by atoms with E-state index in [9.17, 15) is 9.18 Å². The summed E-state index contributed by atoms with van der Waals surface area (Å²) in [5.41, 5.74) is 2.34. The van der Waals surface area contributed by atoms with Crippen LogP contribution in [0.5, 0.6) is 0 Å². The number of carbonyl (C=O) groups excluding carboxylic acids is 1. The van der Waals surface area contributed by atoms with E-state index in [4.69, 9.17) is 5.41 Å². The summed E-state index contributed by atoms with van der Waals surface area (Å²) in [6.07, 6.45) is 1.74. The summed E-state index contributed by atoms with van der Waals surface area (Å²) < 4.78 is 17.2. The number of ketones is 1. The minimum Gasteiger partial charge on any atom is -0.314 e. The lowest BCUT2D eigenvalue weighted by Crippen LogP contribution is -2.25. The zero-order chi connectivity index (χ0) is 17.3. The van der Waals surface area contributed by atoms with Crippen LogP contribution in [0.2, 0.25) is 0 Å². The molecule has 24 heavy (non-hydrogen) atoms. The number of carbonyl (C=O) groups is 1. The van der Waals surface area contributed by atoms with Crippen LogP contribution in [0.3, 0.4) is 0 Å². The Kier molecular flexibility index (Phi) is 4.49. The average molecular weight is 388 g/mol. The van der Waals surface area contributed by atoms with Crippen LogP contribution in [0.15, 0.2) is 59.2 Å². The van der Waals surface area contributed by atoms with Crippen LogP contribution < -0.4 is 5.62 Å². The molecular formula is C18H15BrFN3O. The maximum Gasteiger partial charge on any atom is 0.202 e. The first kappa shape index (κ1) is 16.4. The molecule has 6 heteroatoms. The Labute approximate surface area is 146 Å². The van der Waals surface area contributed by atoms with E-state index in [2.05, 4.69) is 15.9 Å². The van der Waals surface area contributed by atoms with Crippen molar-refractivity contribution in [3.8, 4) is 11.3 Å². The second-order valence-electron chi connectivity index (χ2n) is 5.47. The summed E-state index contributed by atoms with van der Waals surface area (Å²) in [6, 6.07) is 13.2. The summed E-state index contributed by atoms with van der Waals surface area (Å²) in [6.45, 7) is 0.0737. The molecule has 1 aromatic heterocycles. The Morgan fingerprint density at radius 3 is 2.58 bits per heavy atom. The van der Waals surface area contributed by atoms with Gasteiger partial charge in [-0.15, -0.1) is 0 Å². The van der Waals surface area contributed by atoms with Crippen molar-refractivity contribution < 1.29 is 9.18 Å². The van der Waals surface area contributed by atoms with Crippen molar-refractivity contribution in [3.05, 3.63) is 76.2 Å². The number of imidazole rings is 1. The number of aromatic nitrogens is 2. The molecule has 0 aliphatic rings. The standard InChI is InChI=1S/C18H15BrFN3O/c1-22-16(12-5-7-15(20)8-6-12)10-23(18(22)21)11-17(24)13-3-2-4-14(19)9-13/h2-10,21H,11H2,1H3. The van der Waals surface area contributed by atoms with Crippen molar-refractivity contribution in [1.82, 2.24) is 9.13 Å². The average Bonchev–Trinajstić information content (AvgIpc) is 2.84. The molecule has 0 saturated heterocycles. The summed E-state index contributed by atoms with van der Waals surface area (Å²) in [7, 11) is 1.75. The van der Waals surface area contributed by atoms with Gasteiger partial charge in [0.1, 0.15) is 5.82 Å². The molecule has 0 aliphatic carbocycles. The third-order valence-corrected chi connectivity index (χ3v) is 4.32. The lowest BCUT2D eigenvalue weighted by atomic mass is 10.1. The highest BCUT2D eigenvalue weighted by Crippen LogP contribution is 2.18. The minimum absolute atomic E-state index is 0.0737. The largest absolute Gasteiger partial charge is 0.314 e. The molecule has 0 unspecified atom stereocenters. The van der Waals surface area contributed by atoms with Gasteiger partial charge in [-0.25, -0.2) is 4.39 Å². The van der Waals surface area contributed by atoms with E-state index < -0.39 is 0 Å². The Morgan fingerprint density at radius 2 is 1.92 bits per heavy atom. The lowest BCUT2D eigenvalue weighted by Gasteiger charge is -2.03. The summed E-state index contributed by atoms with van der Waals surface area (Å²) in [4.78, 5) is 12.4. The SMILES string of the molecule is Cn1c(-c2ccc(F)cc2)cn(CC(=O)c2cccc(Br)c2)c1=N. The van der Waals surface area contributed by atoms with E-state index in [1.807, 2.05) is 6.07 Å². The smallest absolute Gasteiger partial charge is 0.202 e. The normalized spacial score (nSPS) is 10.8. The molecule has 0 bridgehead atoms. The third kappa shape index (κ3) is 3.23. The van der Waals surface area contributed by atoms with Crippen LogP contribution in [0.25, 0.3) is 11.3 Å². The highest BCUT2D eigenvalue weighted by atomic mass is 79.9. The zero-order valence-electron chi connectivity index (χ0n) is 13.0. The van der Waals surface area contributed by atoms with Crippen LogP contribution in [0.4, 0.5) is 4.39 Å². The van der Waals surface area contributed by atoms with Gasteiger partial charge < -0.3 is 9.13 Å². The molecule has 0 aliphatic heterocycles. The number of benzene rings is 2. The summed E-state index contributed by atoms with van der Waals surface area (Å²) >= 11 is 3.35. The highest BCUT2D eigenvalue weighted by Gasteiger charge is 2.12. The van der Waals surface area contributed by atoms with Crippen LogP contribution >= 0.6 is 15.9 Å². The van der Waals surface area contributed by atoms with Crippen molar-refractivity contribution in [2.45, 2.75) is 6.54 Å². The lowest BCUT2D eigenvalue weighted by molar-refractivity contribution is 0.0970. The van der Waals surface area contributed by atoms with E-state index in [-0.39, 0.29) is 23.8 Å². The monoisotopic (exact) mass is 387 g/mol. The highest BCUT2D eigenvalue weighted by molar-refractivity contribution is 9.10. The molecule has 1 N–H and O–H groups in total. The molecule has 0 radical (unpaired) electrons. The van der Waals surface area contributed by atoms with E-state index in [1.54, 1.807) is 52.7 Å². The minimum atomic E-state index is -0.309. The fourth-order valence-corrected chi connectivity index (χ4v) is 2.92. The number of halogens is 2. The maximum absolute atomic E-state index is 13.1. The fraction of sp³-hybridized carbons (Fsp3) is 0.111. The maximum atomic E-state index is 13.1. The van der Waals surface area contributed by atoms with Gasteiger partial charge in [-0.2, -0.15) is 0 Å². The van der Waals surface area contributed by atoms with Crippen molar-refractivity contribution in [3.63, 3.8) is 0 Å². The van der Waals surface area contributed by atoms with E-state index in [0.717, 1.165) is 15.7 Å². The van der Waals surface area contributed by atoms with Gasteiger partial charge in [0, 0.05) is 23.3 Å². The topological polar surface area (TPSA) is 50.8 Å². The number of Topliss-reactive ketones (excluding diaryl/α,β-unsaturated/α-hetero) is 1. The third-order valence-electron chi connectivity index (χ3n) is 3.83. The van der Waals surface area contributed by atoms with Crippen molar-refractivity contribution in [1.29, 1.82) is 5.41 Å².